The minimum absolute atomic E-state index is 0.0824. The molecule has 0 aliphatic rings. The van der Waals surface area contributed by atoms with Gasteiger partial charge >= 0.3 is 0 Å². The largest absolute Gasteiger partial charge is 0.494 e. The molecule has 0 fully saturated rings. The van der Waals surface area contributed by atoms with Crippen LogP contribution in [0.15, 0.2) is 36.7 Å². The Hall–Kier alpha value is -1.85. The van der Waals surface area contributed by atoms with Gasteiger partial charge in [-0.25, -0.2) is 5.43 Å². The van der Waals surface area contributed by atoms with E-state index in [1.807, 2.05) is 48.3 Å². The zero-order chi connectivity index (χ0) is 14.4. The van der Waals surface area contributed by atoms with Crippen molar-refractivity contribution in [2.24, 2.45) is 5.84 Å². The van der Waals surface area contributed by atoms with E-state index in [0.717, 1.165) is 29.8 Å². The van der Waals surface area contributed by atoms with Crippen molar-refractivity contribution >= 4 is 0 Å². The Morgan fingerprint density at radius 2 is 2.20 bits per heavy atom. The summed E-state index contributed by atoms with van der Waals surface area (Å²) in [4.78, 5) is 0. The Bertz CT molecular complexity index is 538. The van der Waals surface area contributed by atoms with Crippen LogP contribution in [0.4, 0.5) is 0 Å². The second-order valence-electron chi connectivity index (χ2n) is 4.64. The van der Waals surface area contributed by atoms with Gasteiger partial charge in [0.2, 0.25) is 0 Å². The molecule has 1 atom stereocenters. The van der Waals surface area contributed by atoms with E-state index in [9.17, 15) is 0 Å². The maximum absolute atomic E-state index is 5.72. The predicted octanol–water partition coefficient (Wildman–Crippen LogP) is 2.24. The lowest BCUT2D eigenvalue weighted by molar-refractivity contribution is 0.339. The van der Waals surface area contributed by atoms with E-state index in [1.54, 1.807) is 0 Å². The lowest BCUT2D eigenvalue weighted by Crippen LogP contribution is -2.28. The molecule has 20 heavy (non-hydrogen) atoms. The highest BCUT2D eigenvalue weighted by Gasteiger charge is 2.15. The molecule has 0 bridgehead atoms. The third-order valence-electron chi connectivity index (χ3n) is 3.11. The lowest BCUT2D eigenvalue weighted by atomic mass is 10.0. The van der Waals surface area contributed by atoms with Crippen molar-refractivity contribution in [3.63, 3.8) is 0 Å². The van der Waals surface area contributed by atoms with Crippen LogP contribution >= 0.6 is 0 Å². The third-order valence-corrected chi connectivity index (χ3v) is 3.11. The number of nitrogens with two attached hydrogens (primary N) is 1. The molecule has 0 aliphatic carbocycles. The van der Waals surface area contributed by atoms with Gasteiger partial charge in [0.15, 0.2) is 0 Å². The summed E-state index contributed by atoms with van der Waals surface area (Å²) in [5.41, 5.74) is 4.97. The van der Waals surface area contributed by atoms with E-state index in [0.29, 0.717) is 6.61 Å². The van der Waals surface area contributed by atoms with Gasteiger partial charge in [0, 0.05) is 18.3 Å². The van der Waals surface area contributed by atoms with E-state index in [-0.39, 0.29) is 6.04 Å². The Balaban J connectivity index is 2.24. The minimum atomic E-state index is -0.0824. The highest BCUT2D eigenvalue weighted by molar-refractivity contribution is 5.35. The molecular weight excluding hydrogens is 252 g/mol. The quantitative estimate of drug-likeness (QED) is 0.600. The molecule has 0 saturated heterocycles. The standard InChI is InChI=1S/C15H22N4O/c1-3-8-19-11-13(10-17-19)15(18-16)12-6-5-7-14(9-12)20-4-2/h5-7,9-11,15,18H,3-4,8,16H2,1-2H3. The molecule has 1 heterocycles. The number of benzene rings is 1. The maximum Gasteiger partial charge on any atom is 0.119 e. The molecule has 3 N–H and O–H groups in total. The molecule has 0 saturated carbocycles. The second-order valence-corrected chi connectivity index (χ2v) is 4.64. The molecule has 1 aromatic carbocycles. The molecule has 108 valence electrons. The summed E-state index contributed by atoms with van der Waals surface area (Å²) in [6.45, 7) is 5.67. The zero-order valence-corrected chi connectivity index (χ0v) is 12.0. The van der Waals surface area contributed by atoms with Crippen molar-refractivity contribution < 1.29 is 4.74 Å². The molecule has 1 aromatic heterocycles. The van der Waals surface area contributed by atoms with Crippen LogP contribution in [0.3, 0.4) is 0 Å². The molecule has 1 unspecified atom stereocenters. The van der Waals surface area contributed by atoms with Gasteiger partial charge in [0.1, 0.15) is 5.75 Å². The normalized spacial score (nSPS) is 12.3. The average Bonchev–Trinajstić information content (AvgIpc) is 2.89. The summed E-state index contributed by atoms with van der Waals surface area (Å²) in [7, 11) is 0. The number of nitrogens with zero attached hydrogens (tertiary/aromatic N) is 2. The van der Waals surface area contributed by atoms with Gasteiger partial charge in [0.25, 0.3) is 0 Å². The van der Waals surface area contributed by atoms with Gasteiger partial charge < -0.3 is 4.74 Å². The smallest absolute Gasteiger partial charge is 0.119 e. The molecule has 5 heteroatoms. The number of ether oxygens (including phenoxy) is 1. The molecule has 5 nitrogen and oxygen atoms in total. The molecule has 0 amide bonds. The zero-order valence-electron chi connectivity index (χ0n) is 12.0. The summed E-state index contributed by atoms with van der Waals surface area (Å²) in [6, 6.07) is 7.87. The van der Waals surface area contributed by atoms with Gasteiger partial charge in [-0.2, -0.15) is 5.10 Å². The fourth-order valence-electron chi connectivity index (χ4n) is 2.22. The van der Waals surface area contributed by atoms with Crippen LogP contribution < -0.4 is 16.0 Å². The fraction of sp³-hybridized carbons (Fsp3) is 0.400. The highest BCUT2D eigenvalue weighted by atomic mass is 16.5. The van der Waals surface area contributed by atoms with Gasteiger partial charge in [-0.1, -0.05) is 19.1 Å². The lowest BCUT2D eigenvalue weighted by Gasteiger charge is -2.15. The van der Waals surface area contributed by atoms with Crippen LogP contribution in [0.1, 0.15) is 37.4 Å². The summed E-state index contributed by atoms with van der Waals surface area (Å²) in [6.07, 6.45) is 4.94. The minimum Gasteiger partial charge on any atom is -0.494 e. The summed E-state index contributed by atoms with van der Waals surface area (Å²) >= 11 is 0. The van der Waals surface area contributed by atoms with Crippen LogP contribution in [-0.2, 0) is 6.54 Å². The summed E-state index contributed by atoms with van der Waals surface area (Å²) < 4.78 is 7.47. The number of hydrogen-bond acceptors (Lipinski definition) is 4. The van der Waals surface area contributed by atoms with Gasteiger partial charge in [-0.3, -0.25) is 10.5 Å². The summed E-state index contributed by atoms with van der Waals surface area (Å²) in [5, 5.41) is 4.35. The van der Waals surface area contributed by atoms with Crippen molar-refractivity contribution in [2.75, 3.05) is 6.61 Å². The van der Waals surface area contributed by atoms with E-state index in [1.165, 1.54) is 0 Å². The number of hydrazine groups is 1. The van der Waals surface area contributed by atoms with E-state index >= 15 is 0 Å². The van der Waals surface area contributed by atoms with Crippen molar-refractivity contribution in [2.45, 2.75) is 32.9 Å². The van der Waals surface area contributed by atoms with Crippen molar-refractivity contribution in [1.82, 2.24) is 15.2 Å². The van der Waals surface area contributed by atoms with Crippen LogP contribution in [0.25, 0.3) is 0 Å². The summed E-state index contributed by atoms with van der Waals surface area (Å²) in [5.74, 6) is 6.57. The van der Waals surface area contributed by atoms with E-state index in [2.05, 4.69) is 17.4 Å². The number of aromatic nitrogens is 2. The van der Waals surface area contributed by atoms with Crippen molar-refractivity contribution in [1.29, 1.82) is 0 Å². The van der Waals surface area contributed by atoms with Crippen LogP contribution in [-0.4, -0.2) is 16.4 Å². The van der Waals surface area contributed by atoms with Crippen LogP contribution in [0, 0.1) is 0 Å². The maximum atomic E-state index is 5.72. The topological polar surface area (TPSA) is 65.1 Å². The SMILES string of the molecule is CCCn1cc(C(NN)c2cccc(OCC)c2)cn1. The molecule has 2 rings (SSSR count). The molecule has 0 aliphatic heterocycles. The number of rotatable bonds is 7. The first-order valence-corrected chi connectivity index (χ1v) is 6.99. The first kappa shape index (κ1) is 14.6. The second kappa shape index (κ2) is 7.07. The Morgan fingerprint density at radius 3 is 2.90 bits per heavy atom. The first-order chi connectivity index (χ1) is 9.78. The highest BCUT2D eigenvalue weighted by Crippen LogP contribution is 2.24. The van der Waals surface area contributed by atoms with Gasteiger partial charge in [-0.05, 0) is 31.0 Å². The Labute approximate surface area is 119 Å². The molecular formula is C15H22N4O. The first-order valence-electron chi connectivity index (χ1n) is 6.99. The number of nitrogens with one attached hydrogen (secondary N) is 1. The van der Waals surface area contributed by atoms with Crippen molar-refractivity contribution in [3.8, 4) is 5.75 Å². The number of hydrogen-bond donors (Lipinski definition) is 2. The van der Waals surface area contributed by atoms with E-state index < -0.39 is 0 Å². The Morgan fingerprint density at radius 1 is 1.35 bits per heavy atom. The number of aryl methyl sites for hydroxylation is 1. The third kappa shape index (κ3) is 3.37. The predicted molar refractivity (Wildman–Crippen MR) is 79.3 cm³/mol. The van der Waals surface area contributed by atoms with Crippen LogP contribution in [0.2, 0.25) is 0 Å². The monoisotopic (exact) mass is 274 g/mol. The van der Waals surface area contributed by atoms with Crippen molar-refractivity contribution in [3.05, 3.63) is 47.8 Å². The molecule has 0 radical (unpaired) electrons. The molecule has 0 spiro atoms. The van der Waals surface area contributed by atoms with E-state index in [4.69, 9.17) is 10.6 Å². The molecule has 2 aromatic rings. The average molecular weight is 274 g/mol. The fourth-order valence-corrected chi connectivity index (χ4v) is 2.22. The van der Waals surface area contributed by atoms with Gasteiger partial charge in [0.05, 0.1) is 18.8 Å². The van der Waals surface area contributed by atoms with Crippen LogP contribution in [0.5, 0.6) is 5.75 Å². The van der Waals surface area contributed by atoms with Gasteiger partial charge in [-0.15, -0.1) is 0 Å². The Kier molecular flexibility index (Phi) is 5.15.